The zero-order valence-corrected chi connectivity index (χ0v) is 16.5. The van der Waals surface area contributed by atoms with Crippen LogP contribution in [0, 0.1) is 11.3 Å². The van der Waals surface area contributed by atoms with Gasteiger partial charge in [-0.1, -0.05) is 12.1 Å². The SMILES string of the molecule is CCOC(=O)CN1C(=O)C(Cc2ccc(OC)cc2)Sc2ccc(C#N)cc21. The molecule has 1 atom stereocenters. The monoisotopic (exact) mass is 396 g/mol. The molecule has 0 N–H and O–H groups in total. The van der Waals surface area contributed by atoms with E-state index >= 15 is 0 Å². The fourth-order valence-corrected chi connectivity index (χ4v) is 4.24. The molecule has 2 aromatic carbocycles. The van der Waals surface area contributed by atoms with Gasteiger partial charge in [-0.3, -0.25) is 14.5 Å². The van der Waals surface area contributed by atoms with Crippen molar-refractivity contribution in [1.82, 2.24) is 0 Å². The molecule has 1 unspecified atom stereocenters. The number of rotatable bonds is 6. The van der Waals surface area contributed by atoms with Crippen molar-refractivity contribution in [3.63, 3.8) is 0 Å². The number of carbonyl (C=O) groups excluding carboxylic acids is 2. The number of esters is 1. The highest BCUT2D eigenvalue weighted by molar-refractivity contribution is 8.01. The van der Waals surface area contributed by atoms with Crippen molar-refractivity contribution in [2.75, 3.05) is 25.2 Å². The molecule has 3 rings (SSSR count). The first-order valence-corrected chi connectivity index (χ1v) is 9.74. The van der Waals surface area contributed by atoms with Gasteiger partial charge in [0.25, 0.3) is 0 Å². The van der Waals surface area contributed by atoms with Crippen molar-refractivity contribution in [2.45, 2.75) is 23.5 Å². The number of benzene rings is 2. The minimum absolute atomic E-state index is 0.170. The average Bonchev–Trinajstić information content (AvgIpc) is 2.71. The lowest BCUT2D eigenvalue weighted by molar-refractivity contribution is -0.142. The van der Waals surface area contributed by atoms with Gasteiger partial charge in [0.05, 0.1) is 36.3 Å². The van der Waals surface area contributed by atoms with E-state index in [9.17, 15) is 14.9 Å². The molecule has 0 aromatic heterocycles. The Bertz CT molecular complexity index is 921. The lowest BCUT2D eigenvalue weighted by Gasteiger charge is -2.33. The van der Waals surface area contributed by atoms with Gasteiger partial charge in [-0.15, -0.1) is 11.8 Å². The molecular weight excluding hydrogens is 376 g/mol. The summed E-state index contributed by atoms with van der Waals surface area (Å²) in [6.07, 6.45) is 0.520. The molecule has 1 aliphatic rings. The van der Waals surface area contributed by atoms with Crippen LogP contribution in [0.15, 0.2) is 47.4 Å². The van der Waals surface area contributed by atoms with Crippen LogP contribution in [0.5, 0.6) is 5.75 Å². The fourth-order valence-electron chi connectivity index (χ4n) is 3.00. The summed E-state index contributed by atoms with van der Waals surface area (Å²) in [5, 5.41) is 8.81. The molecule has 0 aliphatic carbocycles. The Balaban J connectivity index is 1.89. The number of hydrogen-bond donors (Lipinski definition) is 0. The molecule has 0 radical (unpaired) electrons. The molecule has 1 heterocycles. The van der Waals surface area contributed by atoms with Gasteiger partial charge in [-0.05, 0) is 49.2 Å². The maximum absolute atomic E-state index is 13.1. The van der Waals surface area contributed by atoms with Crippen LogP contribution in [0.1, 0.15) is 18.1 Å². The van der Waals surface area contributed by atoms with E-state index in [1.165, 1.54) is 16.7 Å². The van der Waals surface area contributed by atoms with Crippen LogP contribution in [-0.4, -0.2) is 37.4 Å². The van der Waals surface area contributed by atoms with Gasteiger partial charge < -0.3 is 9.47 Å². The highest BCUT2D eigenvalue weighted by Crippen LogP contribution is 2.41. The normalized spacial score (nSPS) is 15.5. The molecule has 0 saturated heterocycles. The van der Waals surface area contributed by atoms with Gasteiger partial charge in [-0.2, -0.15) is 5.26 Å². The summed E-state index contributed by atoms with van der Waals surface area (Å²) < 4.78 is 10.2. The largest absolute Gasteiger partial charge is 0.497 e. The Morgan fingerprint density at radius 3 is 2.64 bits per heavy atom. The number of fused-ring (bicyclic) bond motifs is 1. The van der Waals surface area contributed by atoms with Gasteiger partial charge in [-0.25, -0.2) is 0 Å². The van der Waals surface area contributed by atoms with Gasteiger partial charge in [0.2, 0.25) is 5.91 Å². The van der Waals surface area contributed by atoms with Crippen LogP contribution in [0.3, 0.4) is 0 Å². The van der Waals surface area contributed by atoms with Gasteiger partial charge in [0, 0.05) is 4.90 Å². The van der Waals surface area contributed by atoms with E-state index in [-0.39, 0.29) is 24.3 Å². The lowest BCUT2D eigenvalue weighted by Crippen LogP contribution is -2.45. The van der Waals surface area contributed by atoms with Gasteiger partial charge >= 0.3 is 5.97 Å². The molecule has 0 fully saturated rings. The van der Waals surface area contributed by atoms with E-state index in [0.717, 1.165) is 16.2 Å². The standard InChI is InChI=1S/C21H20N2O4S/c1-3-27-20(24)13-23-17-10-15(12-22)6-9-18(17)28-19(21(23)25)11-14-4-7-16(26-2)8-5-14/h4-10,19H,3,11,13H2,1-2H3. The first-order chi connectivity index (χ1) is 13.5. The highest BCUT2D eigenvalue weighted by atomic mass is 32.2. The number of thioether (sulfide) groups is 1. The summed E-state index contributed by atoms with van der Waals surface area (Å²) in [5.74, 6) is 0.111. The Morgan fingerprint density at radius 1 is 1.25 bits per heavy atom. The van der Waals surface area contributed by atoms with Crippen LogP contribution in [0.2, 0.25) is 0 Å². The van der Waals surface area contributed by atoms with Crippen LogP contribution < -0.4 is 9.64 Å². The molecule has 6 nitrogen and oxygen atoms in total. The van der Waals surface area contributed by atoms with Crippen molar-refractivity contribution < 1.29 is 19.1 Å². The van der Waals surface area contributed by atoms with Crippen molar-refractivity contribution >= 4 is 29.3 Å². The van der Waals surface area contributed by atoms with Crippen LogP contribution in [0.4, 0.5) is 5.69 Å². The number of nitriles is 1. The minimum Gasteiger partial charge on any atom is -0.497 e. The summed E-state index contributed by atoms with van der Waals surface area (Å²) >= 11 is 1.45. The molecule has 0 bridgehead atoms. The summed E-state index contributed by atoms with van der Waals surface area (Å²) in [5.41, 5.74) is 2.02. The van der Waals surface area contributed by atoms with Crippen LogP contribution >= 0.6 is 11.8 Å². The maximum atomic E-state index is 13.1. The number of methoxy groups -OCH3 is 1. The first-order valence-electron chi connectivity index (χ1n) is 8.86. The predicted molar refractivity (Wildman–Crippen MR) is 106 cm³/mol. The Labute approximate surface area is 168 Å². The number of hydrogen-bond acceptors (Lipinski definition) is 6. The molecule has 2 aromatic rings. The molecule has 0 spiro atoms. The second-order valence-corrected chi connectivity index (χ2v) is 7.43. The molecule has 0 saturated carbocycles. The summed E-state index contributed by atoms with van der Waals surface area (Å²) in [6, 6.07) is 14.8. The van der Waals surface area contributed by atoms with E-state index in [1.54, 1.807) is 26.2 Å². The summed E-state index contributed by atoms with van der Waals surface area (Å²) in [6.45, 7) is 1.80. The summed E-state index contributed by atoms with van der Waals surface area (Å²) in [4.78, 5) is 27.5. The second kappa shape index (κ2) is 8.81. The van der Waals surface area contributed by atoms with E-state index < -0.39 is 5.97 Å². The first kappa shape index (κ1) is 19.8. The van der Waals surface area contributed by atoms with E-state index in [4.69, 9.17) is 9.47 Å². The third kappa shape index (κ3) is 4.29. The second-order valence-electron chi connectivity index (χ2n) is 6.18. The predicted octanol–water partition coefficient (Wildman–Crippen LogP) is 3.18. The quantitative estimate of drug-likeness (QED) is 0.698. The van der Waals surface area contributed by atoms with E-state index in [2.05, 4.69) is 6.07 Å². The summed E-state index contributed by atoms with van der Waals surface area (Å²) in [7, 11) is 1.61. The number of nitrogens with zero attached hydrogens (tertiary/aromatic N) is 2. The smallest absolute Gasteiger partial charge is 0.326 e. The third-order valence-corrected chi connectivity index (χ3v) is 5.61. The Morgan fingerprint density at radius 2 is 2.00 bits per heavy atom. The molecular formula is C21H20N2O4S. The van der Waals surface area contributed by atoms with Crippen LogP contribution in [0.25, 0.3) is 0 Å². The van der Waals surface area contributed by atoms with Crippen molar-refractivity contribution in [1.29, 1.82) is 5.26 Å². The molecule has 144 valence electrons. The van der Waals surface area contributed by atoms with Crippen LogP contribution in [-0.2, 0) is 20.7 Å². The van der Waals surface area contributed by atoms with E-state index in [0.29, 0.717) is 17.7 Å². The number of anilines is 1. The van der Waals surface area contributed by atoms with Crippen molar-refractivity contribution in [3.8, 4) is 11.8 Å². The molecule has 7 heteroatoms. The lowest BCUT2D eigenvalue weighted by atomic mass is 10.1. The third-order valence-electron chi connectivity index (χ3n) is 4.36. The molecule has 1 aliphatic heterocycles. The topological polar surface area (TPSA) is 79.6 Å². The minimum atomic E-state index is -0.473. The average molecular weight is 396 g/mol. The Kier molecular flexibility index (Phi) is 6.22. The zero-order valence-electron chi connectivity index (χ0n) is 15.7. The number of ether oxygens (including phenoxy) is 2. The Hall–Kier alpha value is -2.98. The maximum Gasteiger partial charge on any atom is 0.326 e. The number of amides is 1. The fraction of sp³-hybridized carbons (Fsp3) is 0.286. The zero-order chi connectivity index (χ0) is 20.1. The molecule has 1 amide bonds. The van der Waals surface area contributed by atoms with E-state index in [1.807, 2.05) is 30.3 Å². The van der Waals surface area contributed by atoms with Crippen molar-refractivity contribution in [3.05, 3.63) is 53.6 Å². The van der Waals surface area contributed by atoms with Crippen molar-refractivity contribution in [2.24, 2.45) is 0 Å². The van der Waals surface area contributed by atoms with Gasteiger partial charge in [0.15, 0.2) is 0 Å². The molecule has 28 heavy (non-hydrogen) atoms. The highest BCUT2D eigenvalue weighted by Gasteiger charge is 2.35. The number of carbonyl (C=O) groups is 2. The van der Waals surface area contributed by atoms with Gasteiger partial charge in [0.1, 0.15) is 12.3 Å².